The number of hydrogen-bond acceptors (Lipinski definition) is 7. The normalized spacial score (nSPS) is 15.7. The van der Waals surface area contributed by atoms with Crippen LogP contribution in [0.25, 0.3) is 22.3 Å². The van der Waals surface area contributed by atoms with Crippen LogP contribution >= 0.6 is 11.6 Å². The maximum Gasteiger partial charge on any atom is 0.345 e. The van der Waals surface area contributed by atoms with Crippen molar-refractivity contribution in [3.05, 3.63) is 70.4 Å². The zero-order valence-corrected chi connectivity index (χ0v) is 22.4. The average Bonchev–Trinajstić information content (AvgIpc) is 3.36. The third-order valence-electron chi connectivity index (χ3n) is 6.59. The van der Waals surface area contributed by atoms with Crippen LogP contribution in [0.2, 0.25) is 5.02 Å². The molecule has 2 aromatic carbocycles. The number of pyridine rings is 1. The molecule has 4 aromatic rings. The number of fused-ring (bicyclic) bond motifs is 1. The number of ether oxygens (including phenoxy) is 3. The predicted octanol–water partition coefficient (Wildman–Crippen LogP) is 4.85. The van der Waals surface area contributed by atoms with Gasteiger partial charge in [0, 0.05) is 35.8 Å². The lowest BCUT2D eigenvalue weighted by molar-refractivity contribution is -0.166. The van der Waals surface area contributed by atoms with Gasteiger partial charge in [-0.1, -0.05) is 23.7 Å². The number of morpholine rings is 1. The van der Waals surface area contributed by atoms with E-state index in [9.17, 15) is 18.0 Å². The van der Waals surface area contributed by atoms with E-state index < -0.39 is 31.0 Å². The lowest BCUT2D eigenvalue weighted by Crippen LogP contribution is -2.45. The molecule has 13 heteroatoms. The summed E-state index contributed by atoms with van der Waals surface area (Å²) in [5, 5.41) is 5.04. The molecule has 1 aliphatic rings. The zero-order valence-electron chi connectivity index (χ0n) is 21.6. The topological polar surface area (TPSA) is 91.6 Å². The van der Waals surface area contributed by atoms with Crippen LogP contribution in [0.3, 0.4) is 0 Å². The van der Waals surface area contributed by atoms with Gasteiger partial charge >= 0.3 is 6.61 Å². The minimum Gasteiger partial charge on any atom is -0.487 e. The highest BCUT2D eigenvalue weighted by molar-refractivity contribution is 6.31. The highest BCUT2D eigenvalue weighted by Gasteiger charge is 2.32. The summed E-state index contributed by atoms with van der Waals surface area (Å²) in [6, 6.07) is 9.00. The van der Waals surface area contributed by atoms with Gasteiger partial charge in [-0.2, -0.15) is 13.9 Å². The number of carbonyl (C=O) groups is 1. The summed E-state index contributed by atoms with van der Waals surface area (Å²) >= 11 is 6.48. The number of aromatic nitrogens is 4. The number of hydrogen-bond donors (Lipinski definition) is 0. The molecule has 1 atom stereocenters. The summed E-state index contributed by atoms with van der Waals surface area (Å²) in [6.45, 7) is -1.82. The number of aryl methyl sites for hydroxylation is 2. The molecule has 2 aromatic heterocycles. The first-order valence-corrected chi connectivity index (χ1v) is 12.7. The highest BCUT2D eigenvalue weighted by atomic mass is 35.5. The summed E-state index contributed by atoms with van der Waals surface area (Å²) in [4.78, 5) is 23.1. The Balaban J connectivity index is 1.49. The quantitative estimate of drug-likeness (QED) is 0.297. The van der Waals surface area contributed by atoms with Crippen LogP contribution in [0.1, 0.15) is 22.9 Å². The number of halogens is 4. The largest absolute Gasteiger partial charge is 0.487 e. The van der Waals surface area contributed by atoms with Crippen LogP contribution in [0.4, 0.5) is 13.2 Å². The highest BCUT2D eigenvalue weighted by Crippen LogP contribution is 2.36. The molecule has 0 spiro atoms. The van der Waals surface area contributed by atoms with Gasteiger partial charge in [0.1, 0.15) is 36.6 Å². The minimum absolute atomic E-state index is 0.0171. The van der Waals surface area contributed by atoms with E-state index in [1.807, 2.05) is 25.1 Å². The van der Waals surface area contributed by atoms with E-state index in [1.165, 1.54) is 17.3 Å². The summed E-state index contributed by atoms with van der Waals surface area (Å²) in [5.74, 6) is -0.185. The SMILES string of the molecule is Cc1cc(-c2ncnn2C)c2cccc(OCc3c(Cl)cc(F)cc3[C@@H]3COCCN3C(=O)COC(F)F)c2n1. The summed E-state index contributed by atoms with van der Waals surface area (Å²) in [6.07, 6.45) is 1.47. The molecule has 9 nitrogen and oxygen atoms in total. The van der Waals surface area contributed by atoms with Gasteiger partial charge in [0.15, 0.2) is 5.82 Å². The Morgan fingerprint density at radius 2 is 2.10 bits per heavy atom. The van der Waals surface area contributed by atoms with E-state index in [4.69, 9.17) is 21.1 Å². The molecule has 3 heterocycles. The number of nitrogens with zero attached hydrogens (tertiary/aromatic N) is 5. The third kappa shape index (κ3) is 5.74. The van der Waals surface area contributed by atoms with Crippen molar-refractivity contribution in [2.24, 2.45) is 7.05 Å². The van der Waals surface area contributed by atoms with Crippen molar-refractivity contribution in [3.63, 3.8) is 0 Å². The number of amides is 1. The first-order chi connectivity index (χ1) is 19.2. The Labute approximate surface area is 232 Å². The lowest BCUT2D eigenvalue weighted by atomic mass is 9.98. The number of benzene rings is 2. The first kappa shape index (κ1) is 27.8. The Morgan fingerprint density at radius 3 is 2.85 bits per heavy atom. The molecule has 1 fully saturated rings. The monoisotopic (exact) mass is 575 g/mol. The lowest BCUT2D eigenvalue weighted by Gasteiger charge is -2.37. The number of para-hydroxylation sites is 1. The molecule has 1 amide bonds. The average molecular weight is 576 g/mol. The van der Waals surface area contributed by atoms with E-state index in [1.54, 1.807) is 17.8 Å². The fraction of sp³-hybridized carbons (Fsp3) is 0.333. The molecule has 1 saturated heterocycles. The summed E-state index contributed by atoms with van der Waals surface area (Å²) in [7, 11) is 1.80. The fourth-order valence-corrected chi connectivity index (χ4v) is 5.06. The van der Waals surface area contributed by atoms with Crippen LogP contribution in [0.15, 0.2) is 42.7 Å². The van der Waals surface area contributed by atoms with Crippen LogP contribution in [-0.4, -0.2) is 63.5 Å². The van der Waals surface area contributed by atoms with Gasteiger partial charge in [0.25, 0.3) is 0 Å². The van der Waals surface area contributed by atoms with Gasteiger partial charge in [0.05, 0.1) is 24.3 Å². The first-order valence-electron chi connectivity index (χ1n) is 12.3. The second kappa shape index (κ2) is 11.8. The molecule has 0 aliphatic carbocycles. The number of carbonyl (C=O) groups excluding carboxylic acids is 1. The van der Waals surface area contributed by atoms with Crippen LogP contribution in [0.5, 0.6) is 5.75 Å². The summed E-state index contributed by atoms with van der Waals surface area (Å²) in [5.41, 5.74) is 2.92. The van der Waals surface area contributed by atoms with Crippen LogP contribution in [-0.2, 0) is 27.9 Å². The second-order valence-electron chi connectivity index (χ2n) is 9.16. The molecule has 0 radical (unpaired) electrons. The van der Waals surface area contributed by atoms with E-state index >= 15 is 0 Å². The van der Waals surface area contributed by atoms with Crippen molar-refractivity contribution in [1.29, 1.82) is 0 Å². The number of rotatable bonds is 8. The predicted molar refractivity (Wildman–Crippen MR) is 139 cm³/mol. The summed E-state index contributed by atoms with van der Waals surface area (Å²) < 4.78 is 57.3. The molecule has 0 saturated carbocycles. The maximum atomic E-state index is 14.6. The van der Waals surface area contributed by atoms with Crippen molar-refractivity contribution in [2.75, 3.05) is 26.4 Å². The Hall–Kier alpha value is -3.74. The van der Waals surface area contributed by atoms with Gasteiger partial charge < -0.3 is 19.1 Å². The van der Waals surface area contributed by atoms with Crippen molar-refractivity contribution in [3.8, 4) is 17.1 Å². The molecular formula is C27H25ClF3N5O4. The van der Waals surface area contributed by atoms with Crippen molar-refractivity contribution in [1.82, 2.24) is 24.6 Å². The molecule has 0 N–H and O–H groups in total. The van der Waals surface area contributed by atoms with Gasteiger partial charge in [-0.05, 0) is 36.8 Å². The Kier molecular flexibility index (Phi) is 8.19. The molecule has 1 aliphatic heterocycles. The molecule has 210 valence electrons. The molecule has 40 heavy (non-hydrogen) atoms. The molecule has 0 bridgehead atoms. The zero-order chi connectivity index (χ0) is 28.4. The second-order valence-corrected chi connectivity index (χ2v) is 9.57. The Bertz CT molecular complexity index is 1550. The molecule has 0 unspecified atom stereocenters. The molecular weight excluding hydrogens is 551 g/mol. The van der Waals surface area contributed by atoms with Gasteiger partial charge in [-0.15, -0.1) is 0 Å². The minimum atomic E-state index is -3.09. The maximum absolute atomic E-state index is 14.6. The molecule has 5 rings (SSSR count). The van der Waals surface area contributed by atoms with Crippen LogP contribution in [0, 0.1) is 12.7 Å². The Morgan fingerprint density at radius 1 is 1.27 bits per heavy atom. The van der Waals surface area contributed by atoms with Crippen molar-refractivity contribution < 1.29 is 32.2 Å². The van der Waals surface area contributed by atoms with Crippen molar-refractivity contribution >= 4 is 28.4 Å². The van der Waals surface area contributed by atoms with Crippen LogP contribution < -0.4 is 4.74 Å². The van der Waals surface area contributed by atoms with E-state index in [-0.39, 0.29) is 31.4 Å². The van der Waals surface area contributed by atoms with E-state index in [0.29, 0.717) is 28.2 Å². The van der Waals surface area contributed by atoms with E-state index in [0.717, 1.165) is 22.7 Å². The standard InChI is InChI=1S/C27H25ClF3N5O4/c1-15-8-19(26-32-14-33-35(26)2)17-4-3-5-23(25(17)34-15)39-11-20-18(9-16(29)10-21(20)28)22-12-38-7-6-36(22)24(37)13-40-27(30)31/h3-5,8-10,14,22,27H,6-7,11-13H2,1-2H3/t22-/m0/s1. The van der Waals surface area contributed by atoms with Gasteiger partial charge in [-0.25, -0.2) is 19.0 Å². The number of alkyl halides is 2. The van der Waals surface area contributed by atoms with Gasteiger partial charge in [0.2, 0.25) is 5.91 Å². The van der Waals surface area contributed by atoms with Crippen molar-refractivity contribution in [2.45, 2.75) is 26.2 Å². The smallest absolute Gasteiger partial charge is 0.345 e. The third-order valence-corrected chi connectivity index (χ3v) is 6.93. The fourth-order valence-electron chi connectivity index (χ4n) is 4.79. The van der Waals surface area contributed by atoms with Gasteiger partial charge in [-0.3, -0.25) is 4.79 Å². The van der Waals surface area contributed by atoms with E-state index in [2.05, 4.69) is 19.8 Å².